The highest BCUT2D eigenvalue weighted by atomic mass is 32.2. The minimum atomic E-state index is -3.62. The van der Waals surface area contributed by atoms with Gasteiger partial charge in [-0.15, -0.1) is 0 Å². The lowest BCUT2D eigenvalue weighted by Gasteiger charge is -2.22. The van der Waals surface area contributed by atoms with E-state index in [1.165, 1.54) is 11.4 Å². The first-order chi connectivity index (χ1) is 14.7. The Kier molecular flexibility index (Phi) is 5.39. The van der Waals surface area contributed by atoms with Crippen molar-refractivity contribution in [3.05, 3.63) is 76.6 Å². The number of aromatic nitrogens is 1. The van der Waals surface area contributed by atoms with Crippen molar-refractivity contribution >= 4 is 26.9 Å². The first-order valence-electron chi connectivity index (χ1n) is 10.2. The molecule has 0 aliphatic heterocycles. The Morgan fingerprint density at radius 1 is 1.13 bits per heavy atom. The molecule has 7 heteroatoms. The van der Waals surface area contributed by atoms with Crippen molar-refractivity contribution in [1.29, 1.82) is 0 Å². The number of sulfonamides is 1. The fourth-order valence-corrected chi connectivity index (χ4v) is 5.70. The molecule has 0 fully saturated rings. The highest BCUT2D eigenvalue weighted by Crippen LogP contribution is 2.43. The van der Waals surface area contributed by atoms with E-state index < -0.39 is 10.0 Å². The van der Waals surface area contributed by atoms with Crippen LogP contribution in [0.2, 0.25) is 0 Å². The number of hydrogen-bond acceptors (Lipinski definition) is 4. The van der Waals surface area contributed by atoms with Gasteiger partial charge in [-0.25, -0.2) is 13.2 Å². The number of rotatable bonds is 5. The molecule has 0 amide bonds. The molecule has 0 saturated heterocycles. The minimum Gasteiger partial charge on any atom is -0.465 e. The number of carbonyl (C=O) groups is 1. The molecule has 0 unspecified atom stereocenters. The summed E-state index contributed by atoms with van der Waals surface area (Å²) in [5.74, 6) is -0.301. The molecule has 162 valence electrons. The number of fused-ring (bicyclic) bond motifs is 1. The zero-order valence-corrected chi connectivity index (χ0v) is 18.9. The van der Waals surface area contributed by atoms with Gasteiger partial charge in [-0.3, -0.25) is 4.31 Å². The van der Waals surface area contributed by atoms with Crippen LogP contribution in [0.25, 0.3) is 10.9 Å². The summed E-state index contributed by atoms with van der Waals surface area (Å²) in [6, 6.07) is 12.4. The number of esters is 1. The molecular formula is C24H26N2O4S. The molecule has 2 aromatic carbocycles. The van der Waals surface area contributed by atoms with Crippen molar-refractivity contribution in [3.8, 4) is 0 Å². The van der Waals surface area contributed by atoms with E-state index in [4.69, 9.17) is 4.74 Å². The van der Waals surface area contributed by atoms with Crippen LogP contribution in [0.15, 0.2) is 64.8 Å². The van der Waals surface area contributed by atoms with Crippen LogP contribution in [-0.4, -0.2) is 37.8 Å². The zero-order chi connectivity index (χ0) is 22.3. The van der Waals surface area contributed by atoms with Gasteiger partial charge in [0.15, 0.2) is 0 Å². The maximum atomic E-state index is 13.2. The van der Waals surface area contributed by atoms with E-state index in [2.05, 4.69) is 4.98 Å². The third-order valence-corrected chi connectivity index (χ3v) is 8.03. The number of nitrogens with one attached hydrogen (secondary N) is 1. The second-order valence-corrected chi connectivity index (χ2v) is 9.97. The summed E-state index contributed by atoms with van der Waals surface area (Å²) in [7, 11) is -0.630. The number of aromatic amines is 1. The number of allylic oxidation sites excluding steroid dienone is 2. The summed E-state index contributed by atoms with van der Waals surface area (Å²) in [6.45, 7) is 3.93. The second kappa shape index (κ2) is 7.89. The summed E-state index contributed by atoms with van der Waals surface area (Å²) in [5, 5.41) is 0.956. The van der Waals surface area contributed by atoms with Crippen LogP contribution in [0.1, 0.15) is 47.2 Å². The predicted molar refractivity (Wildman–Crippen MR) is 120 cm³/mol. The molecule has 0 spiro atoms. The van der Waals surface area contributed by atoms with Gasteiger partial charge in [0.2, 0.25) is 0 Å². The van der Waals surface area contributed by atoms with Crippen molar-refractivity contribution < 1.29 is 17.9 Å². The van der Waals surface area contributed by atoms with E-state index in [-0.39, 0.29) is 11.9 Å². The van der Waals surface area contributed by atoms with E-state index in [9.17, 15) is 13.2 Å². The highest BCUT2D eigenvalue weighted by Gasteiger charge is 2.32. The standard InChI is InChI=1S/C24H26N2O4S/c1-15-5-8-18(9-6-15)31(28,29)26(3)23-12-10-19(16(23)2)21-14-25-22-11-7-17(13-20(21)22)24(27)30-4/h5-9,11,13-14,19,25H,10,12H2,1-4H3/t19-/m1/s1. The number of ether oxygens (including phenoxy) is 1. The van der Waals surface area contributed by atoms with E-state index in [1.54, 1.807) is 25.2 Å². The van der Waals surface area contributed by atoms with E-state index in [0.29, 0.717) is 16.9 Å². The zero-order valence-electron chi connectivity index (χ0n) is 18.1. The number of benzene rings is 2. The molecule has 0 saturated carbocycles. The minimum absolute atomic E-state index is 0.0762. The van der Waals surface area contributed by atoms with Crippen LogP contribution >= 0.6 is 0 Å². The van der Waals surface area contributed by atoms with Crippen molar-refractivity contribution in [2.75, 3.05) is 14.2 Å². The molecule has 31 heavy (non-hydrogen) atoms. The summed E-state index contributed by atoms with van der Waals surface area (Å²) in [4.78, 5) is 15.5. The first kappa shape index (κ1) is 21.2. The van der Waals surface area contributed by atoms with Gasteiger partial charge in [-0.1, -0.05) is 17.7 Å². The van der Waals surface area contributed by atoms with Crippen molar-refractivity contribution in [2.24, 2.45) is 0 Å². The van der Waals surface area contributed by atoms with Gasteiger partial charge < -0.3 is 9.72 Å². The Labute approximate surface area is 182 Å². The highest BCUT2D eigenvalue weighted by molar-refractivity contribution is 7.89. The third kappa shape index (κ3) is 3.63. The van der Waals surface area contributed by atoms with Crippen molar-refractivity contribution in [2.45, 2.75) is 37.5 Å². The normalized spacial score (nSPS) is 16.7. The lowest BCUT2D eigenvalue weighted by molar-refractivity contribution is 0.0601. The molecule has 1 N–H and O–H groups in total. The Bertz CT molecular complexity index is 1290. The number of carbonyl (C=O) groups excluding carboxylic acids is 1. The number of H-pyrrole nitrogens is 1. The Morgan fingerprint density at radius 3 is 2.52 bits per heavy atom. The van der Waals surface area contributed by atoms with Crippen molar-refractivity contribution in [3.63, 3.8) is 0 Å². The van der Waals surface area contributed by atoms with Crippen LogP contribution in [-0.2, 0) is 14.8 Å². The quantitative estimate of drug-likeness (QED) is 0.584. The summed E-state index contributed by atoms with van der Waals surface area (Å²) in [5.41, 5.74) is 5.36. The molecule has 1 heterocycles. The van der Waals surface area contributed by atoms with Crippen LogP contribution < -0.4 is 0 Å². The fraction of sp³-hybridized carbons (Fsp3) is 0.292. The molecule has 3 aromatic rings. The lowest BCUT2D eigenvalue weighted by atomic mass is 9.92. The van der Waals surface area contributed by atoms with Gasteiger partial charge in [0.05, 0.1) is 17.6 Å². The maximum absolute atomic E-state index is 13.2. The van der Waals surface area contributed by atoms with Gasteiger partial charge in [0.1, 0.15) is 0 Å². The van der Waals surface area contributed by atoms with E-state index in [1.807, 2.05) is 44.3 Å². The van der Waals surface area contributed by atoms with Crippen LogP contribution in [0.4, 0.5) is 0 Å². The van der Waals surface area contributed by atoms with Gasteiger partial charge >= 0.3 is 5.97 Å². The average Bonchev–Trinajstić information content (AvgIpc) is 3.35. The molecule has 1 aliphatic rings. The van der Waals surface area contributed by atoms with Gasteiger partial charge in [0, 0.05) is 35.8 Å². The smallest absolute Gasteiger partial charge is 0.337 e. The van der Waals surface area contributed by atoms with Crippen LogP contribution in [0.5, 0.6) is 0 Å². The molecule has 1 atom stereocenters. The lowest BCUT2D eigenvalue weighted by Crippen LogP contribution is -2.26. The summed E-state index contributed by atoms with van der Waals surface area (Å²) in [6.07, 6.45) is 3.43. The Hall–Kier alpha value is -3.06. The van der Waals surface area contributed by atoms with E-state index in [0.717, 1.165) is 39.7 Å². The van der Waals surface area contributed by atoms with Gasteiger partial charge in [0.25, 0.3) is 10.0 Å². The Balaban J connectivity index is 1.71. The van der Waals surface area contributed by atoms with Crippen LogP contribution in [0, 0.1) is 6.92 Å². The van der Waals surface area contributed by atoms with Crippen molar-refractivity contribution in [1.82, 2.24) is 9.29 Å². The molecular weight excluding hydrogens is 412 g/mol. The van der Waals surface area contributed by atoms with Gasteiger partial charge in [-0.2, -0.15) is 0 Å². The molecule has 1 aromatic heterocycles. The van der Waals surface area contributed by atoms with Crippen LogP contribution in [0.3, 0.4) is 0 Å². The number of hydrogen-bond donors (Lipinski definition) is 1. The maximum Gasteiger partial charge on any atom is 0.337 e. The fourth-order valence-electron chi connectivity index (χ4n) is 4.38. The predicted octanol–water partition coefficient (Wildman–Crippen LogP) is 4.74. The summed E-state index contributed by atoms with van der Waals surface area (Å²) >= 11 is 0. The molecule has 0 radical (unpaired) electrons. The number of nitrogens with zero attached hydrogens (tertiary/aromatic N) is 1. The molecule has 6 nitrogen and oxygen atoms in total. The topological polar surface area (TPSA) is 79.5 Å². The molecule has 4 rings (SSSR count). The Morgan fingerprint density at radius 2 is 1.84 bits per heavy atom. The monoisotopic (exact) mass is 438 g/mol. The largest absolute Gasteiger partial charge is 0.465 e. The first-order valence-corrected chi connectivity index (χ1v) is 11.6. The molecule has 0 bridgehead atoms. The third-order valence-electron chi connectivity index (χ3n) is 6.22. The SMILES string of the molecule is COC(=O)c1ccc2[nH]cc([C@@H]3CCC(N(C)S(=O)(=O)c4ccc(C)cc4)=C3C)c2c1. The average molecular weight is 439 g/mol. The van der Waals surface area contributed by atoms with Gasteiger partial charge in [-0.05, 0) is 68.2 Å². The summed E-state index contributed by atoms with van der Waals surface area (Å²) < 4.78 is 32.6. The molecule has 1 aliphatic carbocycles. The number of methoxy groups -OCH3 is 1. The second-order valence-electron chi connectivity index (χ2n) is 8.00. The van der Waals surface area contributed by atoms with E-state index >= 15 is 0 Å². The number of aryl methyl sites for hydroxylation is 1.